The number of hydrogen-bond donors (Lipinski definition) is 2. The van der Waals surface area contributed by atoms with Crippen molar-refractivity contribution in [1.82, 2.24) is 14.3 Å². The van der Waals surface area contributed by atoms with Gasteiger partial charge < -0.3 is 10.1 Å². The fourth-order valence-corrected chi connectivity index (χ4v) is 1.94. The molecule has 0 spiro atoms. The number of nitrogens with zero attached hydrogens (tertiary/aromatic N) is 1. The lowest BCUT2D eigenvalue weighted by molar-refractivity contribution is -0.140. The van der Waals surface area contributed by atoms with E-state index in [0.29, 0.717) is 13.1 Å². The molecule has 2 N–H and O–H groups in total. The molecule has 0 atom stereocenters. The van der Waals surface area contributed by atoms with Crippen LogP contribution in [0.2, 0.25) is 0 Å². The number of likely N-dealkylation sites (N-methyl/N-ethyl adjacent to an activating group) is 1. The standard InChI is InChI=1S/C9H21N3O4S/c1-4-10-6-7-11-17(14,15)12(2)8-5-9(13)16-3/h10-11H,4-8H2,1-3H3. The normalized spacial score (nSPS) is 11.8. The minimum atomic E-state index is -3.51. The molecule has 0 fully saturated rings. The highest BCUT2D eigenvalue weighted by Crippen LogP contribution is 1.96. The predicted molar refractivity (Wildman–Crippen MR) is 64.7 cm³/mol. The maximum atomic E-state index is 11.6. The third-order valence-corrected chi connectivity index (χ3v) is 3.68. The molecule has 0 aromatic heterocycles. The third kappa shape index (κ3) is 7.27. The molecule has 0 radical (unpaired) electrons. The number of esters is 1. The summed E-state index contributed by atoms with van der Waals surface area (Å²) in [5, 5.41) is 3.00. The number of carbonyl (C=O) groups excluding carboxylic acids is 1. The van der Waals surface area contributed by atoms with Gasteiger partial charge in [0.15, 0.2) is 0 Å². The van der Waals surface area contributed by atoms with Gasteiger partial charge in [-0.1, -0.05) is 6.92 Å². The van der Waals surface area contributed by atoms with Crippen LogP contribution < -0.4 is 10.0 Å². The second kappa shape index (κ2) is 8.40. The highest BCUT2D eigenvalue weighted by molar-refractivity contribution is 7.87. The number of hydrogen-bond acceptors (Lipinski definition) is 5. The van der Waals surface area contributed by atoms with E-state index < -0.39 is 16.2 Å². The fourth-order valence-electron chi connectivity index (χ4n) is 1.03. The van der Waals surface area contributed by atoms with Gasteiger partial charge >= 0.3 is 5.97 Å². The smallest absolute Gasteiger partial charge is 0.306 e. The van der Waals surface area contributed by atoms with E-state index in [-0.39, 0.29) is 13.0 Å². The van der Waals surface area contributed by atoms with E-state index in [9.17, 15) is 13.2 Å². The molecule has 0 aliphatic rings. The minimum absolute atomic E-state index is 0.0428. The highest BCUT2D eigenvalue weighted by Gasteiger charge is 2.17. The maximum Gasteiger partial charge on any atom is 0.306 e. The lowest BCUT2D eigenvalue weighted by Crippen LogP contribution is -2.41. The van der Waals surface area contributed by atoms with Crippen LogP contribution in [0, 0.1) is 0 Å². The second-order valence-electron chi connectivity index (χ2n) is 3.40. The first-order chi connectivity index (χ1) is 7.94. The largest absolute Gasteiger partial charge is 0.469 e. The molecule has 0 heterocycles. The van der Waals surface area contributed by atoms with Crippen LogP contribution >= 0.6 is 0 Å². The number of methoxy groups -OCH3 is 1. The molecule has 102 valence electrons. The Labute approximate surface area is 103 Å². The van der Waals surface area contributed by atoms with Crippen LogP contribution in [0.3, 0.4) is 0 Å². The van der Waals surface area contributed by atoms with Gasteiger partial charge in [-0.05, 0) is 6.54 Å². The quantitative estimate of drug-likeness (QED) is 0.410. The van der Waals surface area contributed by atoms with E-state index in [1.165, 1.54) is 14.2 Å². The average molecular weight is 267 g/mol. The summed E-state index contributed by atoms with van der Waals surface area (Å²) >= 11 is 0. The molecular formula is C9H21N3O4S. The summed E-state index contributed by atoms with van der Waals surface area (Å²) in [7, 11) is -0.825. The molecule has 8 heteroatoms. The fraction of sp³-hybridized carbons (Fsp3) is 0.889. The molecule has 0 saturated heterocycles. The molecule has 0 aromatic carbocycles. The van der Waals surface area contributed by atoms with Crippen molar-refractivity contribution in [2.24, 2.45) is 0 Å². The highest BCUT2D eigenvalue weighted by atomic mass is 32.2. The molecule has 7 nitrogen and oxygen atoms in total. The van der Waals surface area contributed by atoms with Gasteiger partial charge in [-0.3, -0.25) is 4.79 Å². The minimum Gasteiger partial charge on any atom is -0.469 e. The van der Waals surface area contributed by atoms with Crippen molar-refractivity contribution in [3.05, 3.63) is 0 Å². The molecule has 17 heavy (non-hydrogen) atoms. The zero-order chi connectivity index (χ0) is 13.3. The van der Waals surface area contributed by atoms with Crippen LogP contribution in [0.5, 0.6) is 0 Å². The Morgan fingerprint density at radius 2 is 2.00 bits per heavy atom. The Balaban J connectivity index is 3.99. The van der Waals surface area contributed by atoms with Gasteiger partial charge in [0.2, 0.25) is 0 Å². The summed E-state index contributed by atoms with van der Waals surface area (Å²) in [5.41, 5.74) is 0. The Kier molecular flexibility index (Phi) is 8.05. The van der Waals surface area contributed by atoms with E-state index in [1.807, 2.05) is 6.92 Å². The molecule has 0 unspecified atom stereocenters. The van der Waals surface area contributed by atoms with E-state index in [1.54, 1.807) is 0 Å². The van der Waals surface area contributed by atoms with Crippen molar-refractivity contribution < 1.29 is 17.9 Å². The molecule has 0 amide bonds. The van der Waals surface area contributed by atoms with Gasteiger partial charge in [0, 0.05) is 26.7 Å². The Morgan fingerprint density at radius 1 is 1.35 bits per heavy atom. The molecular weight excluding hydrogens is 246 g/mol. The van der Waals surface area contributed by atoms with Crippen molar-refractivity contribution >= 4 is 16.2 Å². The third-order valence-electron chi connectivity index (χ3n) is 2.11. The molecule has 0 aliphatic carbocycles. The average Bonchev–Trinajstić information content (AvgIpc) is 2.31. The van der Waals surface area contributed by atoms with Gasteiger partial charge in [0.1, 0.15) is 0 Å². The second-order valence-corrected chi connectivity index (χ2v) is 5.26. The molecule has 0 bridgehead atoms. The van der Waals surface area contributed by atoms with E-state index in [0.717, 1.165) is 10.8 Å². The monoisotopic (exact) mass is 267 g/mol. The van der Waals surface area contributed by atoms with E-state index in [4.69, 9.17) is 0 Å². The van der Waals surface area contributed by atoms with Gasteiger partial charge in [0.05, 0.1) is 13.5 Å². The maximum absolute atomic E-state index is 11.6. The summed E-state index contributed by atoms with van der Waals surface area (Å²) in [5.74, 6) is -0.431. The summed E-state index contributed by atoms with van der Waals surface area (Å²) in [6.07, 6.45) is 0.0428. The number of rotatable bonds is 9. The van der Waals surface area contributed by atoms with E-state index >= 15 is 0 Å². The van der Waals surface area contributed by atoms with Crippen LogP contribution in [0.1, 0.15) is 13.3 Å². The van der Waals surface area contributed by atoms with E-state index in [2.05, 4.69) is 14.8 Å². The van der Waals surface area contributed by atoms with Crippen LogP contribution in [0.4, 0.5) is 0 Å². The van der Waals surface area contributed by atoms with Gasteiger partial charge in [-0.25, -0.2) is 4.72 Å². The number of nitrogens with one attached hydrogen (secondary N) is 2. The SMILES string of the molecule is CCNCCNS(=O)(=O)N(C)CCC(=O)OC. The summed E-state index contributed by atoms with van der Waals surface area (Å²) in [6.45, 7) is 3.72. The lowest BCUT2D eigenvalue weighted by atomic mass is 10.4. The van der Waals surface area contributed by atoms with Crippen molar-refractivity contribution in [1.29, 1.82) is 0 Å². The summed E-state index contributed by atoms with van der Waals surface area (Å²) in [4.78, 5) is 10.9. The lowest BCUT2D eigenvalue weighted by Gasteiger charge is -2.17. The van der Waals surface area contributed by atoms with Crippen molar-refractivity contribution in [2.75, 3.05) is 40.3 Å². The number of ether oxygens (including phenoxy) is 1. The Morgan fingerprint density at radius 3 is 2.53 bits per heavy atom. The van der Waals surface area contributed by atoms with Crippen molar-refractivity contribution in [2.45, 2.75) is 13.3 Å². The molecule has 0 saturated carbocycles. The van der Waals surface area contributed by atoms with Crippen LogP contribution in [-0.4, -0.2) is 59.0 Å². The van der Waals surface area contributed by atoms with Crippen LogP contribution in [0.15, 0.2) is 0 Å². The summed E-state index contributed by atoms with van der Waals surface area (Å²) in [6, 6.07) is 0. The van der Waals surface area contributed by atoms with Gasteiger partial charge in [0.25, 0.3) is 10.2 Å². The molecule has 0 aliphatic heterocycles. The zero-order valence-corrected chi connectivity index (χ0v) is 11.3. The molecule has 0 aromatic rings. The first kappa shape index (κ1) is 16.3. The summed E-state index contributed by atoms with van der Waals surface area (Å²) < 4.78 is 31.2. The molecule has 0 rings (SSSR count). The van der Waals surface area contributed by atoms with Crippen LogP contribution in [0.25, 0.3) is 0 Å². The topological polar surface area (TPSA) is 87.7 Å². The van der Waals surface area contributed by atoms with Crippen LogP contribution in [-0.2, 0) is 19.7 Å². The van der Waals surface area contributed by atoms with Crippen molar-refractivity contribution in [3.8, 4) is 0 Å². The first-order valence-electron chi connectivity index (χ1n) is 5.42. The Bertz CT molecular complexity index is 318. The van der Waals surface area contributed by atoms with Crippen molar-refractivity contribution in [3.63, 3.8) is 0 Å². The van der Waals surface area contributed by atoms with Gasteiger partial charge in [-0.2, -0.15) is 12.7 Å². The predicted octanol–water partition coefficient (Wildman–Crippen LogP) is -1.07. The van der Waals surface area contributed by atoms with Gasteiger partial charge in [-0.15, -0.1) is 0 Å². The zero-order valence-electron chi connectivity index (χ0n) is 10.5. The first-order valence-corrected chi connectivity index (χ1v) is 6.86. The Hall–Kier alpha value is -0.700. The number of carbonyl (C=O) groups is 1.